The van der Waals surface area contributed by atoms with Crippen LogP contribution in [0, 0.1) is 0 Å². The molecule has 1 rings (SSSR count). The molecule has 0 unspecified atom stereocenters. The molecule has 0 aromatic heterocycles. The summed E-state index contributed by atoms with van der Waals surface area (Å²) in [5.74, 6) is 0.853. The molecule has 0 radical (unpaired) electrons. The highest BCUT2D eigenvalue weighted by Gasteiger charge is 2.15. The van der Waals surface area contributed by atoms with Crippen molar-refractivity contribution in [3.8, 4) is 5.75 Å². The van der Waals surface area contributed by atoms with Crippen LogP contribution in [0.25, 0.3) is 0 Å². The molecule has 0 aliphatic rings. The number of ether oxygens (including phenoxy) is 2. The van der Waals surface area contributed by atoms with Gasteiger partial charge >= 0.3 is 0 Å². The Kier molecular flexibility index (Phi) is 6.28. The van der Waals surface area contributed by atoms with Crippen molar-refractivity contribution < 1.29 is 14.6 Å². The van der Waals surface area contributed by atoms with E-state index in [-0.39, 0.29) is 0 Å². The number of hydrogen-bond acceptors (Lipinski definition) is 4. The molecular weight excluding hydrogens is 242 g/mol. The lowest BCUT2D eigenvalue weighted by Gasteiger charge is -2.25. The first kappa shape index (κ1) is 16.0. The van der Waals surface area contributed by atoms with Crippen molar-refractivity contribution in [1.82, 2.24) is 4.90 Å². The van der Waals surface area contributed by atoms with Gasteiger partial charge in [-0.25, -0.2) is 0 Å². The number of methoxy groups -OCH3 is 1. The van der Waals surface area contributed by atoms with Gasteiger partial charge in [-0.1, -0.05) is 12.1 Å². The smallest absolute Gasteiger partial charge is 0.119 e. The van der Waals surface area contributed by atoms with Gasteiger partial charge in [-0.15, -0.1) is 0 Å². The molecule has 0 saturated carbocycles. The second-order valence-electron chi connectivity index (χ2n) is 5.47. The first-order valence-corrected chi connectivity index (χ1v) is 6.52. The predicted octanol–water partition coefficient (Wildman–Crippen LogP) is 1.91. The molecule has 0 heterocycles. The molecule has 4 heteroatoms. The van der Waals surface area contributed by atoms with Crippen LogP contribution in [0.4, 0.5) is 0 Å². The van der Waals surface area contributed by atoms with Crippen molar-refractivity contribution in [2.45, 2.75) is 26.0 Å². The maximum atomic E-state index is 9.78. The summed E-state index contributed by atoms with van der Waals surface area (Å²) in [4.78, 5) is 2.09. The number of rotatable bonds is 8. The van der Waals surface area contributed by atoms with E-state index in [4.69, 9.17) is 9.47 Å². The first-order valence-electron chi connectivity index (χ1n) is 6.52. The second kappa shape index (κ2) is 7.48. The molecule has 0 saturated heterocycles. The Bertz CT molecular complexity index is 374. The Labute approximate surface area is 115 Å². The van der Waals surface area contributed by atoms with Gasteiger partial charge in [0, 0.05) is 20.2 Å². The van der Waals surface area contributed by atoms with E-state index < -0.39 is 5.60 Å². The highest BCUT2D eigenvalue weighted by molar-refractivity contribution is 5.28. The van der Waals surface area contributed by atoms with Crippen molar-refractivity contribution in [2.24, 2.45) is 0 Å². The van der Waals surface area contributed by atoms with Gasteiger partial charge in [0.05, 0.1) is 12.2 Å². The number of nitrogens with zero attached hydrogens (tertiary/aromatic N) is 1. The zero-order valence-electron chi connectivity index (χ0n) is 12.3. The molecular formula is C15H25NO3. The van der Waals surface area contributed by atoms with Crippen LogP contribution >= 0.6 is 0 Å². The molecule has 4 nitrogen and oxygen atoms in total. The van der Waals surface area contributed by atoms with Crippen molar-refractivity contribution >= 4 is 0 Å². The molecule has 1 aromatic carbocycles. The van der Waals surface area contributed by atoms with Crippen LogP contribution in [0.3, 0.4) is 0 Å². The normalized spacial score (nSPS) is 11.9. The zero-order valence-corrected chi connectivity index (χ0v) is 12.3. The van der Waals surface area contributed by atoms with Gasteiger partial charge in [-0.3, -0.25) is 4.90 Å². The Morgan fingerprint density at radius 1 is 1.26 bits per heavy atom. The third kappa shape index (κ3) is 7.15. The predicted molar refractivity (Wildman–Crippen MR) is 76.4 cm³/mol. The van der Waals surface area contributed by atoms with Gasteiger partial charge in [0.1, 0.15) is 12.4 Å². The lowest BCUT2D eigenvalue weighted by Crippen LogP contribution is -2.35. The summed E-state index contributed by atoms with van der Waals surface area (Å²) < 4.78 is 10.5. The van der Waals surface area contributed by atoms with Crippen molar-refractivity contribution in [1.29, 1.82) is 0 Å². The molecule has 19 heavy (non-hydrogen) atoms. The van der Waals surface area contributed by atoms with Gasteiger partial charge < -0.3 is 14.6 Å². The van der Waals surface area contributed by atoms with E-state index in [2.05, 4.69) is 11.0 Å². The van der Waals surface area contributed by atoms with Crippen LogP contribution in [0.2, 0.25) is 0 Å². The average Bonchev–Trinajstić information content (AvgIpc) is 2.27. The number of likely N-dealkylation sites (N-methyl/N-ethyl adjacent to an activating group) is 1. The topological polar surface area (TPSA) is 41.9 Å². The fourth-order valence-electron chi connectivity index (χ4n) is 2.00. The van der Waals surface area contributed by atoms with Gasteiger partial charge in [-0.2, -0.15) is 0 Å². The summed E-state index contributed by atoms with van der Waals surface area (Å²) in [5, 5.41) is 9.78. The molecule has 0 aliphatic carbocycles. The summed E-state index contributed by atoms with van der Waals surface area (Å²) in [6, 6.07) is 8.01. The standard InChI is InChI=1S/C15H25NO3/c1-15(2,17)12-16(3)11-13-6-5-7-14(10-13)19-9-8-18-4/h5-7,10,17H,8-9,11-12H2,1-4H3. The van der Waals surface area contributed by atoms with E-state index >= 15 is 0 Å². The molecule has 0 fully saturated rings. The minimum atomic E-state index is -0.679. The lowest BCUT2D eigenvalue weighted by atomic mass is 10.1. The monoisotopic (exact) mass is 267 g/mol. The average molecular weight is 267 g/mol. The van der Waals surface area contributed by atoms with Crippen LogP contribution in [-0.4, -0.2) is 49.5 Å². The zero-order chi connectivity index (χ0) is 14.3. The molecule has 0 bridgehead atoms. The Balaban J connectivity index is 2.51. The van der Waals surface area contributed by atoms with Gasteiger partial charge in [-0.05, 0) is 38.6 Å². The summed E-state index contributed by atoms with van der Waals surface area (Å²) in [6.45, 7) is 6.18. The van der Waals surface area contributed by atoms with Crippen molar-refractivity contribution in [2.75, 3.05) is 33.9 Å². The maximum Gasteiger partial charge on any atom is 0.119 e. The van der Waals surface area contributed by atoms with Crippen LogP contribution in [-0.2, 0) is 11.3 Å². The highest BCUT2D eigenvalue weighted by atomic mass is 16.5. The fourth-order valence-corrected chi connectivity index (χ4v) is 2.00. The SMILES string of the molecule is COCCOc1cccc(CN(C)CC(C)(C)O)c1. The Hall–Kier alpha value is -1.10. The maximum absolute atomic E-state index is 9.78. The van der Waals surface area contributed by atoms with E-state index in [1.165, 1.54) is 5.56 Å². The van der Waals surface area contributed by atoms with E-state index in [9.17, 15) is 5.11 Å². The number of benzene rings is 1. The van der Waals surface area contributed by atoms with Crippen LogP contribution in [0.15, 0.2) is 24.3 Å². The van der Waals surface area contributed by atoms with E-state index in [0.717, 1.165) is 12.3 Å². The minimum Gasteiger partial charge on any atom is -0.491 e. The minimum absolute atomic E-state index is 0.555. The number of hydrogen-bond donors (Lipinski definition) is 1. The van der Waals surface area contributed by atoms with Crippen LogP contribution < -0.4 is 4.74 Å². The van der Waals surface area contributed by atoms with Gasteiger partial charge in [0.25, 0.3) is 0 Å². The molecule has 1 aromatic rings. The molecule has 1 N–H and O–H groups in total. The molecule has 108 valence electrons. The quantitative estimate of drug-likeness (QED) is 0.731. The summed E-state index contributed by atoms with van der Waals surface area (Å²) in [5.41, 5.74) is 0.489. The molecule has 0 spiro atoms. The molecule has 0 amide bonds. The molecule has 0 atom stereocenters. The van der Waals surface area contributed by atoms with Crippen molar-refractivity contribution in [3.05, 3.63) is 29.8 Å². The lowest BCUT2D eigenvalue weighted by molar-refractivity contribution is 0.0424. The summed E-state index contributed by atoms with van der Waals surface area (Å²) >= 11 is 0. The second-order valence-corrected chi connectivity index (χ2v) is 5.47. The van der Waals surface area contributed by atoms with Gasteiger partial charge in [0.2, 0.25) is 0 Å². The van der Waals surface area contributed by atoms with E-state index in [1.807, 2.05) is 39.1 Å². The molecule has 0 aliphatic heterocycles. The van der Waals surface area contributed by atoms with E-state index in [0.29, 0.717) is 19.8 Å². The number of aliphatic hydroxyl groups is 1. The fraction of sp³-hybridized carbons (Fsp3) is 0.600. The van der Waals surface area contributed by atoms with Crippen LogP contribution in [0.1, 0.15) is 19.4 Å². The highest BCUT2D eigenvalue weighted by Crippen LogP contribution is 2.15. The Morgan fingerprint density at radius 2 is 2.00 bits per heavy atom. The van der Waals surface area contributed by atoms with Crippen LogP contribution in [0.5, 0.6) is 5.75 Å². The van der Waals surface area contributed by atoms with Gasteiger partial charge in [0.15, 0.2) is 0 Å². The third-order valence-corrected chi connectivity index (χ3v) is 2.56. The Morgan fingerprint density at radius 3 is 2.63 bits per heavy atom. The van der Waals surface area contributed by atoms with Crippen molar-refractivity contribution in [3.63, 3.8) is 0 Å². The third-order valence-electron chi connectivity index (χ3n) is 2.56. The first-order chi connectivity index (χ1) is 8.90. The summed E-state index contributed by atoms with van der Waals surface area (Å²) in [7, 11) is 3.65. The summed E-state index contributed by atoms with van der Waals surface area (Å²) in [6.07, 6.45) is 0. The van der Waals surface area contributed by atoms with E-state index in [1.54, 1.807) is 7.11 Å². The largest absolute Gasteiger partial charge is 0.491 e.